The maximum absolute atomic E-state index is 12.0. The summed E-state index contributed by atoms with van der Waals surface area (Å²) in [6, 6.07) is 0. The molecule has 0 aromatic carbocycles. The predicted molar refractivity (Wildman–Crippen MR) is 69.3 cm³/mol. The molecule has 2 fully saturated rings. The smallest absolute Gasteiger partial charge is 0.279 e. The van der Waals surface area contributed by atoms with Crippen molar-refractivity contribution in [2.24, 2.45) is 5.92 Å². The van der Waals surface area contributed by atoms with Crippen molar-refractivity contribution in [1.82, 2.24) is 14.3 Å². The minimum Gasteiger partial charge on any atom is -0.393 e. The molecule has 106 valence electrons. The molecule has 1 heterocycles. The lowest BCUT2D eigenvalue weighted by molar-refractivity contribution is 0.0722. The van der Waals surface area contributed by atoms with E-state index in [1.54, 1.807) is 0 Å². The molecule has 0 aromatic rings. The minimum atomic E-state index is -3.37. The predicted octanol–water partition coefficient (Wildman–Crippen LogP) is -0.723. The van der Waals surface area contributed by atoms with Crippen LogP contribution in [0.25, 0.3) is 0 Å². The van der Waals surface area contributed by atoms with Gasteiger partial charge < -0.3 is 10.4 Å². The van der Waals surface area contributed by atoms with Gasteiger partial charge in [-0.25, -0.2) is 4.72 Å². The Bertz CT molecular complexity index is 355. The van der Waals surface area contributed by atoms with E-state index in [9.17, 15) is 13.5 Å². The van der Waals surface area contributed by atoms with E-state index in [0.29, 0.717) is 32.7 Å². The highest BCUT2D eigenvalue weighted by atomic mass is 32.2. The normalized spacial score (nSPS) is 31.4. The molecule has 6 nitrogen and oxygen atoms in total. The summed E-state index contributed by atoms with van der Waals surface area (Å²) in [6.45, 7) is 2.79. The van der Waals surface area contributed by atoms with Crippen LogP contribution in [0, 0.1) is 5.92 Å². The molecule has 2 atom stereocenters. The van der Waals surface area contributed by atoms with Gasteiger partial charge in [-0.15, -0.1) is 0 Å². The van der Waals surface area contributed by atoms with Crippen LogP contribution in [0.1, 0.15) is 25.7 Å². The second-order valence-corrected chi connectivity index (χ2v) is 6.87. The maximum Gasteiger partial charge on any atom is 0.279 e. The molecular weight excluding hydrogens is 254 g/mol. The van der Waals surface area contributed by atoms with Crippen LogP contribution in [0.3, 0.4) is 0 Å². The quantitative estimate of drug-likeness (QED) is 0.633. The van der Waals surface area contributed by atoms with Crippen molar-refractivity contribution in [3.63, 3.8) is 0 Å². The van der Waals surface area contributed by atoms with Crippen LogP contribution in [0.2, 0.25) is 0 Å². The van der Waals surface area contributed by atoms with Crippen molar-refractivity contribution in [1.29, 1.82) is 0 Å². The summed E-state index contributed by atoms with van der Waals surface area (Å²) in [6.07, 6.45) is 3.47. The number of piperazine rings is 1. The lowest BCUT2D eigenvalue weighted by Crippen LogP contribution is -2.51. The largest absolute Gasteiger partial charge is 0.393 e. The standard InChI is InChI=1S/C11H23N3O3S/c15-11-4-2-1-3-10(11)9-13-18(16,17)14-7-5-12-6-8-14/h10-13,15H,1-9H2. The van der Waals surface area contributed by atoms with Crippen LogP contribution in [-0.2, 0) is 10.2 Å². The zero-order chi connectivity index (χ0) is 13.0. The number of aliphatic hydroxyl groups excluding tert-OH is 1. The van der Waals surface area contributed by atoms with Crippen molar-refractivity contribution in [2.75, 3.05) is 32.7 Å². The van der Waals surface area contributed by atoms with Crippen LogP contribution in [0.4, 0.5) is 0 Å². The first-order chi connectivity index (χ1) is 8.59. The molecule has 0 radical (unpaired) electrons. The van der Waals surface area contributed by atoms with E-state index in [1.807, 2.05) is 0 Å². The summed E-state index contributed by atoms with van der Waals surface area (Å²) in [4.78, 5) is 0. The Morgan fingerprint density at radius 1 is 1.22 bits per heavy atom. The molecule has 2 rings (SSSR count). The number of hydrogen-bond acceptors (Lipinski definition) is 4. The zero-order valence-corrected chi connectivity index (χ0v) is 11.5. The van der Waals surface area contributed by atoms with Gasteiger partial charge in [-0.1, -0.05) is 12.8 Å². The van der Waals surface area contributed by atoms with E-state index in [4.69, 9.17) is 0 Å². The molecule has 2 unspecified atom stereocenters. The first-order valence-corrected chi connectivity index (χ1v) is 8.17. The molecule has 2 aliphatic rings. The number of nitrogens with zero attached hydrogens (tertiary/aromatic N) is 1. The lowest BCUT2D eigenvalue weighted by atomic mass is 9.87. The highest BCUT2D eigenvalue weighted by Crippen LogP contribution is 2.23. The Morgan fingerprint density at radius 2 is 1.89 bits per heavy atom. The second kappa shape index (κ2) is 6.29. The van der Waals surface area contributed by atoms with Crippen LogP contribution in [0.15, 0.2) is 0 Å². The van der Waals surface area contributed by atoms with E-state index in [2.05, 4.69) is 10.0 Å². The van der Waals surface area contributed by atoms with E-state index in [-0.39, 0.29) is 12.0 Å². The SMILES string of the molecule is O=S(=O)(NCC1CCCCC1O)N1CCNCC1. The van der Waals surface area contributed by atoms with Gasteiger partial charge in [0.25, 0.3) is 10.2 Å². The van der Waals surface area contributed by atoms with E-state index >= 15 is 0 Å². The Hall–Kier alpha value is -0.210. The molecule has 0 bridgehead atoms. The van der Waals surface area contributed by atoms with Crippen LogP contribution < -0.4 is 10.0 Å². The fraction of sp³-hybridized carbons (Fsp3) is 1.00. The van der Waals surface area contributed by atoms with Crippen LogP contribution in [0.5, 0.6) is 0 Å². The fourth-order valence-electron chi connectivity index (χ4n) is 2.61. The van der Waals surface area contributed by atoms with Gasteiger partial charge in [0, 0.05) is 32.7 Å². The van der Waals surface area contributed by atoms with Gasteiger partial charge in [0.15, 0.2) is 0 Å². The average Bonchev–Trinajstić information content (AvgIpc) is 2.39. The second-order valence-electron chi connectivity index (χ2n) is 5.11. The van der Waals surface area contributed by atoms with E-state index in [1.165, 1.54) is 4.31 Å². The summed E-state index contributed by atoms with van der Waals surface area (Å²) in [5, 5.41) is 12.9. The van der Waals surface area contributed by atoms with Gasteiger partial charge in [0.1, 0.15) is 0 Å². The molecule has 0 aromatic heterocycles. The Balaban J connectivity index is 1.84. The third-order valence-corrected chi connectivity index (χ3v) is 5.39. The molecule has 1 saturated carbocycles. The highest BCUT2D eigenvalue weighted by molar-refractivity contribution is 7.87. The lowest BCUT2D eigenvalue weighted by Gasteiger charge is -2.30. The Labute approximate surface area is 109 Å². The molecule has 0 spiro atoms. The monoisotopic (exact) mass is 277 g/mol. The van der Waals surface area contributed by atoms with Crippen molar-refractivity contribution >= 4 is 10.2 Å². The maximum atomic E-state index is 12.0. The molecule has 0 amide bonds. The minimum absolute atomic E-state index is 0.0661. The topological polar surface area (TPSA) is 81.7 Å². The molecule has 1 saturated heterocycles. The van der Waals surface area contributed by atoms with Crippen molar-refractivity contribution in [3.8, 4) is 0 Å². The number of nitrogens with one attached hydrogen (secondary N) is 2. The first kappa shape index (κ1) is 14.2. The summed E-state index contributed by atoms with van der Waals surface area (Å²) in [5.74, 6) is 0.0661. The van der Waals surface area contributed by atoms with Gasteiger partial charge in [0.05, 0.1) is 6.10 Å². The summed E-state index contributed by atoms with van der Waals surface area (Å²) in [7, 11) is -3.37. The summed E-state index contributed by atoms with van der Waals surface area (Å²) < 4.78 is 28.2. The van der Waals surface area contributed by atoms with Gasteiger partial charge in [0.2, 0.25) is 0 Å². The molecule has 18 heavy (non-hydrogen) atoms. The van der Waals surface area contributed by atoms with Crippen LogP contribution in [-0.4, -0.2) is 56.7 Å². The van der Waals surface area contributed by atoms with Crippen molar-refractivity contribution in [3.05, 3.63) is 0 Å². The summed E-state index contributed by atoms with van der Waals surface area (Å²) >= 11 is 0. The summed E-state index contributed by atoms with van der Waals surface area (Å²) in [5.41, 5.74) is 0. The fourth-order valence-corrected chi connectivity index (χ4v) is 3.89. The van der Waals surface area contributed by atoms with Gasteiger partial charge in [-0.3, -0.25) is 0 Å². The Morgan fingerprint density at radius 3 is 2.56 bits per heavy atom. The number of rotatable bonds is 4. The molecular formula is C11H23N3O3S. The number of aliphatic hydroxyl groups is 1. The average molecular weight is 277 g/mol. The third kappa shape index (κ3) is 3.64. The van der Waals surface area contributed by atoms with Gasteiger partial charge in [-0.2, -0.15) is 12.7 Å². The number of hydrogen-bond donors (Lipinski definition) is 3. The molecule has 1 aliphatic carbocycles. The molecule has 7 heteroatoms. The first-order valence-electron chi connectivity index (χ1n) is 6.73. The zero-order valence-electron chi connectivity index (χ0n) is 10.6. The van der Waals surface area contributed by atoms with Crippen molar-refractivity contribution < 1.29 is 13.5 Å². The van der Waals surface area contributed by atoms with E-state index < -0.39 is 10.2 Å². The molecule has 1 aliphatic heterocycles. The van der Waals surface area contributed by atoms with Gasteiger partial charge in [-0.05, 0) is 18.8 Å². The van der Waals surface area contributed by atoms with E-state index in [0.717, 1.165) is 25.7 Å². The highest BCUT2D eigenvalue weighted by Gasteiger charge is 2.27. The van der Waals surface area contributed by atoms with Crippen molar-refractivity contribution in [2.45, 2.75) is 31.8 Å². The van der Waals surface area contributed by atoms with Gasteiger partial charge >= 0.3 is 0 Å². The Kier molecular flexibility index (Phi) is 4.97. The van der Waals surface area contributed by atoms with Crippen LogP contribution >= 0.6 is 0 Å². The molecule has 3 N–H and O–H groups in total. The third-order valence-electron chi connectivity index (χ3n) is 3.81.